The summed E-state index contributed by atoms with van der Waals surface area (Å²) >= 11 is 1.73. The predicted octanol–water partition coefficient (Wildman–Crippen LogP) is 4.52. The molecule has 1 fully saturated rings. The van der Waals surface area contributed by atoms with E-state index in [2.05, 4.69) is 35.4 Å². The van der Waals surface area contributed by atoms with Crippen LogP contribution in [0.25, 0.3) is 0 Å². The molecule has 3 nitrogen and oxygen atoms in total. The Balaban J connectivity index is 1.66. The number of rotatable bonds is 8. The lowest BCUT2D eigenvalue weighted by Gasteiger charge is -2.30. The summed E-state index contributed by atoms with van der Waals surface area (Å²) in [6.07, 6.45) is 3.93. The fraction of sp³-hybridized carbons (Fsp3) is 0.450. The van der Waals surface area contributed by atoms with E-state index in [4.69, 9.17) is 4.74 Å². The summed E-state index contributed by atoms with van der Waals surface area (Å²) < 4.78 is 5.22. The topological polar surface area (TPSA) is 29.5 Å². The fourth-order valence-electron chi connectivity index (χ4n) is 3.05. The molecule has 1 amide bonds. The van der Waals surface area contributed by atoms with Gasteiger partial charge in [-0.25, -0.2) is 0 Å². The van der Waals surface area contributed by atoms with Crippen molar-refractivity contribution in [1.82, 2.24) is 4.90 Å². The minimum absolute atomic E-state index is 0.263. The highest BCUT2D eigenvalue weighted by molar-refractivity contribution is 7.09. The average Bonchev–Trinajstić information content (AvgIpc) is 3.33. The molecule has 0 aliphatic heterocycles. The van der Waals surface area contributed by atoms with Crippen LogP contribution in [0.2, 0.25) is 0 Å². The van der Waals surface area contributed by atoms with Crippen LogP contribution < -0.4 is 4.74 Å². The van der Waals surface area contributed by atoms with Gasteiger partial charge in [0.25, 0.3) is 0 Å². The highest BCUT2D eigenvalue weighted by Crippen LogP contribution is 2.36. The van der Waals surface area contributed by atoms with Crippen LogP contribution in [0.15, 0.2) is 41.8 Å². The van der Waals surface area contributed by atoms with Gasteiger partial charge in [0.15, 0.2) is 0 Å². The number of ether oxygens (including phenoxy) is 1. The molecule has 1 saturated carbocycles. The van der Waals surface area contributed by atoms with Crippen LogP contribution in [-0.2, 0) is 17.8 Å². The van der Waals surface area contributed by atoms with Gasteiger partial charge in [-0.15, -0.1) is 11.3 Å². The molecule has 3 rings (SSSR count). The Labute approximate surface area is 148 Å². The third-order valence-corrected chi connectivity index (χ3v) is 5.73. The number of thiophene rings is 1. The van der Waals surface area contributed by atoms with Gasteiger partial charge in [0.2, 0.25) is 5.91 Å². The van der Waals surface area contributed by atoms with Crippen molar-refractivity contribution >= 4 is 17.2 Å². The van der Waals surface area contributed by atoms with E-state index >= 15 is 0 Å². The van der Waals surface area contributed by atoms with E-state index in [1.165, 1.54) is 17.7 Å². The van der Waals surface area contributed by atoms with E-state index in [0.717, 1.165) is 17.7 Å². The fourth-order valence-corrected chi connectivity index (χ4v) is 3.76. The zero-order valence-electron chi connectivity index (χ0n) is 14.4. The molecule has 1 aliphatic carbocycles. The van der Waals surface area contributed by atoms with Crippen LogP contribution in [0.1, 0.15) is 36.6 Å². The number of benzene rings is 1. The standard InChI is InChI=1S/C20H25NO2S/c1-15(17-7-8-17)21(14-16-5-9-18(23-2)10-6-16)20(22)12-11-19-4-3-13-24-19/h3-6,9-10,13,15,17H,7-8,11-12,14H2,1-2H3. The first kappa shape index (κ1) is 17.0. The number of nitrogens with zero attached hydrogens (tertiary/aromatic N) is 1. The van der Waals surface area contributed by atoms with E-state index in [9.17, 15) is 4.79 Å². The quantitative estimate of drug-likeness (QED) is 0.705. The summed E-state index contributed by atoms with van der Waals surface area (Å²) in [5, 5.41) is 2.07. The van der Waals surface area contributed by atoms with Crippen molar-refractivity contribution in [2.75, 3.05) is 7.11 Å². The summed E-state index contributed by atoms with van der Waals surface area (Å²) in [5.41, 5.74) is 1.16. The molecule has 1 aliphatic rings. The Kier molecular flexibility index (Phi) is 5.56. The van der Waals surface area contributed by atoms with Crippen LogP contribution in [0.3, 0.4) is 0 Å². The number of aryl methyl sites for hydroxylation is 1. The molecule has 0 spiro atoms. The second-order valence-corrected chi connectivity index (χ2v) is 7.56. The Morgan fingerprint density at radius 3 is 2.62 bits per heavy atom. The number of carbonyl (C=O) groups is 1. The molecule has 24 heavy (non-hydrogen) atoms. The van der Waals surface area contributed by atoms with E-state index in [-0.39, 0.29) is 5.91 Å². The van der Waals surface area contributed by atoms with E-state index < -0.39 is 0 Å². The van der Waals surface area contributed by atoms with Gasteiger partial charge in [0.05, 0.1) is 7.11 Å². The lowest BCUT2D eigenvalue weighted by atomic mass is 10.1. The summed E-state index contributed by atoms with van der Waals surface area (Å²) in [5.74, 6) is 1.79. The molecule has 2 aromatic rings. The molecule has 128 valence electrons. The van der Waals surface area contributed by atoms with E-state index in [0.29, 0.717) is 24.9 Å². The molecule has 0 saturated heterocycles. The number of amides is 1. The molecule has 1 aromatic carbocycles. The van der Waals surface area contributed by atoms with Crippen LogP contribution in [0.5, 0.6) is 5.75 Å². The van der Waals surface area contributed by atoms with Crippen molar-refractivity contribution in [2.24, 2.45) is 5.92 Å². The first-order valence-corrected chi connectivity index (χ1v) is 9.50. The number of carbonyl (C=O) groups excluding carboxylic acids is 1. The van der Waals surface area contributed by atoms with Gasteiger partial charge in [0.1, 0.15) is 5.75 Å². The van der Waals surface area contributed by atoms with Crippen molar-refractivity contribution in [1.29, 1.82) is 0 Å². The van der Waals surface area contributed by atoms with Gasteiger partial charge in [-0.3, -0.25) is 4.79 Å². The van der Waals surface area contributed by atoms with Gasteiger partial charge in [0, 0.05) is 23.9 Å². The molecular formula is C20H25NO2S. The Morgan fingerprint density at radius 1 is 1.29 bits per heavy atom. The molecule has 1 unspecified atom stereocenters. The first-order valence-electron chi connectivity index (χ1n) is 8.62. The third-order valence-electron chi connectivity index (χ3n) is 4.79. The summed E-state index contributed by atoms with van der Waals surface area (Å²) in [4.78, 5) is 16.2. The predicted molar refractivity (Wildman–Crippen MR) is 98.4 cm³/mol. The SMILES string of the molecule is COc1ccc(CN(C(=O)CCc2cccs2)C(C)C2CC2)cc1. The molecule has 0 N–H and O–H groups in total. The molecular weight excluding hydrogens is 318 g/mol. The minimum Gasteiger partial charge on any atom is -0.497 e. The molecule has 4 heteroatoms. The summed E-state index contributed by atoms with van der Waals surface area (Å²) in [7, 11) is 1.67. The third kappa shape index (κ3) is 4.38. The van der Waals surface area contributed by atoms with Crippen molar-refractivity contribution in [2.45, 2.75) is 45.2 Å². The zero-order valence-corrected chi connectivity index (χ0v) is 15.2. The molecule has 1 atom stereocenters. The lowest BCUT2D eigenvalue weighted by molar-refractivity contribution is -0.134. The first-order chi connectivity index (χ1) is 11.7. The Morgan fingerprint density at radius 2 is 2.04 bits per heavy atom. The Bertz CT molecular complexity index is 647. The van der Waals surface area contributed by atoms with Crippen molar-refractivity contribution in [3.8, 4) is 5.75 Å². The van der Waals surface area contributed by atoms with Gasteiger partial charge < -0.3 is 9.64 Å². The largest absolute Gasteiger partial charge is 0.497 e. The second-order valence-electron chi connectivity index (χ2n) is 6.53. The molecule has 1 heterocycles. The summed E-state index contributed by atoms with van der Waals surface area (Å²) in [6.45, 7) is 2.88. The van der Waals surface area contributed by atoms with Crippen molar-refractivity contribution < 1.29 is 9.53 Å². The van der Waals surface area contributed by atoms with E-state index in [1.54, 1.807) is 18.4 Å². The minimum atomic E-state index is 0.263. The van der Waals surface area contributed by atoms with Crippen molar-refractivity contribution in [3.05, 3.63) is 52.2 Å². The van der Waals surface area contributed by atoms with Crippen LogP contribution in [0, 0.1) is 5.92 Å². The second kappa shape index (κ2) is 7.84. The average molecular weight is 343 g/mol. The lowest BCUT2D eigenvalue weighted by Crippen LogP contribution is -2.39. The maximum Gasteiger partial charge on any atom is 0.223 e. The highest BCUT2D eigenvalue weighted by atomic mass is 32.1. The van der Waals surface area contributed by atoms with Crippen LogP contribution in [-0.4, -0.2) is 24.0 Å². The normalized spacial score (nSPS) is 15.1. The van der Waals surface area contributed by atoms with Gasteiger partial charge in [-0.05, 0) is 61.2 Å². The maximum atomic E-state index is 12.8. The van der Waals surface area contributed by atoms with Crippen molar-refractivity contribution in [3.63, 3.8) is 0 Å². The van der Waals surface area contributed by atoms with Gasteiger partial charge in [-0.2, -0.15) is 0 Å². The van der Waals surface area contributed by atoms with Gasteiger partial charge in [-0.1, -0.05) is 18.2 Å². The Hall–Kier alpha value is -1.81. The van der Waals surface area contributed by atoms with Crippen LogP contribution in [0.4, 0.5) is 0 Å². The number of hydrogen-bond donors (Lipinski definition) is 0. The van der Waals surface area contributed by atoms with Gasteiger partial charge >= 0.3 is 0 Å². The molecule has 0 radical (unpaired) electrons. The molecule has 1 aromatic heterocycles. The summed E-state index contributed by atoms with van der Waals surface area (Å²) in [6, 6.07) is 12.5. The molecule has 0 bridgehead atoms. The monoisotopic (exact) mass is 343 g/mol. The smallest absolute Gasteiger partial charge is 0.223 e. The van der Waals surface area contributed by atoms with E-state index in [1.807, 2.05) is 18.2 Å². The van der Waals surface area contributed by atoms with Crippen LogP contribution >= 0.6 is 11.3 Å². The zero-order chi connectivity index (χ0) is 16.9. The maximum absolute atomic E-state index is 12.8. The highest BCUT2D eigenvalue weighted by Gasteiger charge is 2.34. The number of hydrogen-bond acceptors (Lipinski definition) is 3. The number of methoxy groups -OCH3 is 1.